The largest absolute Gasteiger partial charge is 0.435 e. The molecule has 38 heavy (non-hydrogen) atoms. The van der Waals surface area contributed by atoms with Gasteiger partial charge in [-0.25, -0.2) is 0 Å². The molecule has 2 aliphatic rings. The van der Waals surface area contributed by atoms with Crippen molar-refractivity contribution in [1.82, 2.24) is 10.2 Å². The summed E-state index contributed by atoms with van der Waals surface area (Å²) in [6, 6.07) is 12.7. The summed E-state index contributed by atoms with van der Waals surface area (Å²) >= 11 is 0. The van der Waals surface area contributed by atoms with Crippen molar-refractivity contribution in [1.29, 1.82) is 5.41 Å². The second kappa shape index (κ2) is 13.6. The minimum Gasteiger partial charge on any atom is -0.435 e. The summed E-state index contributed by atoms with van der Waals surface area (Å²) in [5, 5.41) is 14.8. The van der Waals surface area contributed by atoms with Crippen LogP contribution in [-0.2, 0) is 11.3 Å². The molecule has 0 spiro atoms. The van der Waals surface area contributed by atoms with Crippen LogP contribution in [0, 0.1) is 5.41 Å². The van der Waals surface area contributed by atoms with Gasteiger partial charge >= 0.3 is 6.61 Å². The van der Waals surface area contributed by atoms with Crippen LogP contribution in [0.3, 0.4) is 0 Å². The Morgan fingerprint density at radius 1 is 1.00 bits per heavy atom. The number of nitrogens with one attached hydrogen (secondary N) is 3. The first kappa shape index (κ1) is 27.8. The Balaban J connectivity index is 1.28. The zero-order valence-corrected chi connectivity index (χ0v) is 22.1. The summed E-state index contributed by atoms with van der Waals surface area (Å²) < 4.78 is 29.1. The molecule has 7 nitrogen and oxygen atoms in total. The predicted octanol–water partition coefficient (Wildman–Crippen LogP) is 5.25. The van der Waals surface area contributed by atoms with E-state index < -0.39 is 6.61 Å². The first-order valence-electron chi connectivity index (χ1n) is 13.7. The first-order valence-corrected chi connectivity index (χ1v) is 13.7. The second-order valence-corrected chi connectivity index (χ2v) is 10.2. The van der Waals surface area contributed by atoms with Crippen molar-refractivity contribution in [3.8, 4) is 5.75 Å². The summed E-state index contributed by atoms with van der Waals surface area (Å²) in [7, 11) is 1.83. The molecule has 2 heterocycles. The van der Waals surface area contributed by atoms with Crippen molar-refractivity contribution >= 4 is 23.0 Å². The highest BCUT2D eigenvalue weighted by Gasteiger charge is 2.24. The summed E-state index contributed by atoms with van der Waals surface area (Å²) in [6.45, 7) is 1.57. The number of anilines is 2. The van der Waals surface area contributed by atoms with E-state index in [0.717, 1.165) is 56.0 Å². The molecule has 206 valence electrons. The molecule has 3 N–H and O–H groups in total. The van der Waals surface area contributed by atoms with Crippen LogP contribution < -0.4 is 20.3 Å². The van der Waals surface area contributed by atoms with Gasteiger partial charge in [-0.15, -0.1) is 0 Å². The molecule has 0 aromatic heterocycles. The Hall–Kier alpha value is -3.20. The van der Waals surface area contributed by atoms with E-state index in [1.807, 2.05) is 19.2 Å². The monoisotopic (exact) mass is 527 g/mol. The SMILES string of the molecule is CNc1cc(N2CCCCCCC2)ccc1C(=N)C(=O)NC1CCN(Cc2ccc(OC(F)F)cc2)CC1. The molecular weight excluding hydrogens is 488 g/mol. The zero-order chi connectivity index (χ0) is 26.9. The van der Waals surface area contributed by atoms with Crippen LogP contribution in [0.5, 0.6) is 5.75 Å². The van der Waals surface area contributed by atoms with Crippen molar-refractivity contribution in [3.63, 3.8) is 0 Å². The van der Waals surface area contributed by atoms with E-state index in [1.165, 1.54) is 32.1 Å². The number of carbonyl (C=O) groups excluding carboxylic acids is 1. The number of hydrogen-bond acceptors (Lipinski definition) is 6. The van der Waals surface area contributed by atoms with Gasteiger partial charge in [-0.1, -0.05) is 31.4 Å². The Morgan fingerprint density at radius 3 is 2.29 bits per heavy atom. The first-order chi connectivity index (χ1) is 18.4. The molecule has 0 aliphatic carbocycles. The average Bonchev–Trinajstić information content (AvgIpc) is 2.89. The van der Waals surface area contributed by atoms with Crippen LogP contribution in [0.4, 0.5) is 20.2 Å². The molecule has 0 unspecified atom stereocenters. The van der Waals surface area contributed by atoms with E-state index >= 15 is 0 Å². The lowest BCUT2D eigenvalue weighted by molar-refractivity contribution is -0.115. The molecule has 0 saturated carbocycles. The average molecular weight is 528 g/mol. The third-order valence-electron chi connectivity index (χ3n) is 7.47. The maximum atomic E-state index is 13.0. The number of piperidine rings is 1. The Morgan fingerprint density at radius 2 is 1.66 bits per heavy atom. The molecule has 4 rings (SSSR count). The molecule has 1 amide bonds. The topological polar surface area (TPSA) is 80.7 Å². The smallest absolute Gasteiger partial charge is 0.387 e. The van der Waals surface area contributed by atoms with E-state index in [9.17, 15) is 13.6 Å². The minimum absolute atomic E-state index is 0.0132. The zero-order valence-electron chi connectivity index (χ0n) is 22.1. The molecule has 9 heteroatoms. The fourth-order valence-corrected chi connectivity index (χ4v) is 5.31. The molecule has 0 atom stereocenters. The van der Waals surface area contributed by atoms with E-state index in [-0.39, 0.29) is 23.4 Å². The minimum atomic E-state index is -2.82. The third-order valence-corrected chi connectivity index (χ3v) is 7.47. The Bertz CT molecular complexity index is 1060. The van der Waals surface area contributed by atoms with Gasteiger partial charge in [0.25, 0.3) is 5.91 Å². The van der Waals surface area contributed by atoms with E-state index in [4.69, 9.17) is 5.41 Å². The van der Waals surface area contributed by atoms with Gasteiger partial charge < -0.3 is 20.3 Å². The molecule has 2 aromatic carbocycles. The van der Waals surface area contributed by atoms with Crippen LogP contribution in [0.15, 0.2) is 42.5 Å². The standard InChI is InChI=1S/C29H39F2N5O2/c1-33-26-19-23(36-15-5-3-2-4-6-16-36)9-12-25(26)27(32)28(37)34-22-13-17-35(18-14-22)20-21-7-10-24(11-8-21)38-29(30)31/h7-12,19,22,29,32-33H,2-6,13-18,20H2,1H3,(H,34,37). The summed E-state index contributed by atoms with van der Waals surface area (Å²) in [6.07, 6.45) is 7.81. The number of nitrogens with zero attached hydrogens (tertiary/aromatic N) is 2. The molecule has 2 fully saturated rings. The number of benzene rings is 2. The van der Waals surface area contributed by atoms with E-state index in [1.54, 1.807) is 24.3 Å². The summed E-state index contributed by atoms with van der Waals surface area (Å²) in [4.78, 5) is 17.7. The van der Waals surface area contributed by atoms with Crippen LogP contribution in [0.1, 0.15) is 56.1 Å². The van der Waals surface area contributed by atoms with Crippen LogP contribution in [0.2, 0.25) is 0 Å². The number of halogens is 2. The number of likely N-dealkylation sites (tertiary alicyclic amines) is 1. The lowest BCUT2D eigenvalue weighted by atomic mass is 10.0. The fourth-order valence-electron chi connectivity index (χ4n) is 5.31. The van der Waals surface area contributed by atoms with Crippen molar-refractivity contribution in [3.05, 3.63) is 53.6 Å². The maximum absolute atomic E-state index is 13.0. The number of hydrogen-bond donors (Lipinski definition) is 3. The van der Waals surface area contributed by atoms with Gasteiger partial charge in [0, 0.05) is 62.8 Å². The van der Waals surface area contributed by atoms with Gasteiger partial charge in [-0.2, -0.15) is 8.78 Å². The van der Waals surface area contributed by atoms with Crippen molar-refractivity contribution in [2.75, 3.05) is 43.4 Å². The van der Waals surface area contributed by atoms with Crippen molar-refractivity contribution in [2.24, 2.45) is 0 Å². The van der Waals surface area contributed by atoms with Gasteiger partial charge in [-0.05, 0) is 61.6 Å². The highest BCUT2D eigenvalue weighted by Crippen LogP contribution is 2.26. The molecular formula is C29H39F2N5O2. The summed E-state index contributed by atoms with van der Waals surface area (Å²) in [5.74, 6) is -0.199. The van der Waals surface area contributed by atoms with Gasteiger partial charge in [0.1, 0.15) is 11.5 Å². The Labute approximate surface area is 224 Å². The van der Waals surface area contributed by atoms with Gasteiger partial charge in [-0.3, -0.25) is 15.1 Å². The molecule has 0 bridgehead atoms. The van der Waals surface area contributed by atoms with Crippen LogP contribution in [-0.4, -0.2) is 62.4 Å². The highest BCUT2D eigenvalue weighted by molar-refractivity contribution is 6.45. The Kier molecular flexibility index (Phi) is 9.92. The van der Waals surface area contributed by atoms with Crippen LogP contribution >= 0.6 is 0 Å². The number of ether oxygens (including phenoxy) is 1. The highest BCUT2D eigenvalue weighted by atomic mass is 19.3. The number of alkyl halides is 2. The lowest BCUT2D eigenvalue weighted by Gasteiger charge is -2.32. The van der Waals surface area contributed by atoms with E-state index in [0.29, 0.717) is 12.1 Å². The van der Waals surface area contributed by atoms with Gasteiger partial charge in [0.2, 0.25) is 0 Å². The fraction of sp³-hybridized carbons (Fsp3) is 0.517. The predicted molar refractivity (Wildman–Crippen MR) is 148 cm³/mol. The van der Waals surface area contributed by atoms with Gasteiger partial charge in [0.15, 0.2) is 0 Å². The number of rotatable bonds is 9. The third kappa shape index (κ3) is 7.66. The molecule has 2 aromatic rings. The normalized spacial score (nSPS) is 17.5. The molecule has 2 saturated heterocycles. The number of amides is 1. The number of carbonyl (C=O) groups is 1. The summed E-state index contributed by atoms with van der Waals surface area (Å²) in [5.41, 5.74) is 3.54. The van der Waals surface area contributed by atoms with Crippen molar-refractivity contribution < 1.29 is 18.3 Å². The second-order valence-electron chi connectivity index (χ2n) is 10.2. The lowest BCUT2D eigenvalue weighted by Crippen LogP contribution is -2.46. The van der Waals surface area contributed by atoms with Gasteiger partial charge in [0.05, 0.1) is 0 Å². The molecule has 2 aliphatic heterocycles. The van der Waals surface area contributed by atoms with Crippen LogP contribution in [0.25, 0.3) is 0 Å². The van der Waals surface area contributed by atoms with Crippen molar-refractivity contribution in [2.45, 2.75) is 64.1 Å². The molecule has 0 radical (unpaired) electrons. The maximum Gasteiger partial charge on any atom is 0.387 e. The van der Waals surface area contributed by atoms with E-state index in [2.05, 4.69) is 31.2 Å². The quantitative estimate of drug-likeness (QED) is 0.388.